The van der Waals surface area contributed by atoms with Crippen LogP contribution in [0.15, 0.2) is 103 Å². The molecule has 58 heavy (non-hydrogen) atoms. The minimum Gasteiger partial charge on any atom is -0.507 e. The van der Waals surface area contributed by atoms with Crippen LogP contribution in [-0.2, 0) is 19.2 Å². The molecular formula is C43H25Cl2F5N2O6. The fourth-order valence-electron chi connectivity index (χ4n) is 9.24. The molecule has 5 aromatic rings. The van der Waals surface area contributed by atoms with Gasteiger partial charge in [0.25, 0.3) is 11.8 Å². The van der Waals surface area contributed by atoms with E-state index in [9.17, 15) is 42.3 Å². The van der Waals surface area contributed by atoms with Crippen LogP contribution < -0.4 is 9.80 Å². The number of fused-ring (bicyclic) bond motifs is 5. The lowest BCUT2D eigenvalue weighted by atomic mass is 9.56. The molecule has 1 N–H and O–H groups in total. The number of carbonyl (C=O) groups is 5. The van der Waals surface area contributed by atoms with E-state index in [1.54, 1.807) is 60.7 Å². The van der Waals surface area contributed by atoms with Gasteiger partial charge in [0.2, 0.25) is 17.6 Å². The molecule has 2 aliphatic heterocycles. The molecular weight excluding hydrogens is 806 g/mol. The number of nitrogens with zero attached hydrogens (tertiary/aromatic N) is 2. The zero-order chi connectivity index (χ0) is 41.2. The topological polar surface area (TPSA) is 112 Å². The Labute approximate surface area is 335 Å². The van der Waals surface area contributed by atoms with Crippen molar-refractivity contribution in [3.63, 3.8) is 0 Å². The Kier molecular flexibility index (Phi) is 8.47. The predicted molar refractivity (Wildman–Crippen MR) is 201 cm³/mol. The van der Waals surface area contributed by atoms with Gasteiger partial charge in [-0.25, -0.2) is 26.9 Å². The first-order valence-electron chi connectivity index (χ1n) is 17.9. The van der Waals surface area contributed by atoms with Gasteiger partial charge < -0.3 is 5.11 Å². The summed E-state index contributed by atoms with van der Waals surface area (Å²) in [5.74, 6) is -22.3. The summed E-state index contributed by atoms with van der Waals surface area (Å²) in [7, 11) is 0. The summed E-state index contributed by atoms with van der Waals surface area (Å²) in [4.78, 5) is 66.3. The third-order valence-electron chi connectivity index (χ3n) is 11.9. The maximum Gasteiger partial charge on any atom is 0.258 e. The number of hydrogen-bond acceptors (Lipinski definition) is 6. The van der Waals surface area contributed by atoms with E-state index in [-0.39, 0.29) is 50.6 Å². The van der Waals surface area contributed by atoms with Gasteiger partial charge in [-0.2, -0.15) is 0 Å². The standard InChI is InChI=1S/C43H25Cl2F5N2O6/c44-42-18-27-25(14-15-26-29(27)39(56)51(38(26)55)21-12-10-20(11-13-21)37(54)19-6-2-1-3-7-19)30(24-16-17-28(53)23-9-5-4-8-22(23)24)43(42,45)41(58)52(40(42)57)36-34(49)32(47)31(46)33(48)35(36)50/h1-14,16-17,26-27,29-30,53H,15,18H2. The van der Waals surface area contributed by atoms with Crippen molar-refractivity contribution in [2.24, 2.45) is 17.8 Å². The number of rotatable bonds is 5. The summed E-state index contributed by atoms with van der Waals surface area (Å²) in [6.45, 7) is 0. The minimum atomic E-state index is -2.73. The molecule has 292 valence electrons. The maximum atomic E-state index is 15.4. The highest BCUT2D eigenvalue weighted by Crippen LogP contribution is 2.66. The van der Waals surface area contributed by atoms with E-state index in [2.05, 4.69) is 0 Å². The molecule has 5 aromatic carbocycles. The molecule has 8 nitrogen and oxygen atoms in total. The van der Waals surface area contributed by atoms with Crippen molar-refractivity contribution in [2.75, 3.05) is 9.80 Å². The van der Waals surface area contributed by atoms with Gasteiger partial charge in [-0.3, -0.25) is 28.9 Å². The molecule has 0 radical (unpaired) electrons. The van der Waals surface area contributed by atoms with Gasteiger partial charge in [0.15, 0.2) is 38.8 Å². The molecule has 4 aliphatic rings. The molecule has 0 aromatic heterocycles. The second-order valence-corrected chi connectivity index (χ2v) is 15.9. The van der Waals surface area contributed by atoms with Gasteiger partial charge in [0.1, 0.15) is 11.4 Å². The second-order valence-electron chi connectivity index (χ2n) is 14.7. The molecule has 3 fully saturated rings. The number of phenols is 1. The lowest BCUT2D eigenvalue weighted by Gasteiger charge is -2.51. The van der Waals surface area contributed by atoms with Crippen LogP contribution in [-0.4, -0.2) is 44.3 Å². The van der Waals surface area contributed by atoms with Crippen LogP contribution in [0.1, 0.15) is 40.2 Å². The quantitative estimate of drug-likeness (QED) is 0.0364. The van der Waals surface area contributed by atoms with E-state index >= 15 is 8.78 Å². The van der Waals surface area contributed by atoms with Gasteiger partial charge in [0.05, 0.1) is 17.5 Å². The average Bonchev–Trinajstić information content (AvgIpc) is 3.57. The number of ketones is 1. The number of imide groups is 2. The van der Waals surface area contributed by atoms with Crippen LogP contribution >= 0.6 is 23.2 Å². The monoisotopic (exact) mass is 830 g/mol. The number of anilines is 2. The number of benzene rings is 5. The van der Waals surface area contributed by atoms with Crippen LogP contribution in [0.25, 0.3) is 10.8 Å². The van der Waals surface area contributed by atoms with Crippen LogP contribution in [0.4, 0.5) is 33.3 Å². The molecule has 2 heterocycles. The smallest absolute Gasteiger partial charge is 0.258 e. The minimum absolute atomic E-state index is 0.0690. The summed E-state index contributed by atoms with van der Waals surface area (Å²) in [5, 5.41) is 11.3. The number of amides is 4. The Bertz CT molecular complexity index is 2700. The SMILES string of the molecule is O=C(c1ccccc1)c1ccc(N2C(=O)C3CC=C4C(CC5(Cl)C(=O)N(c6c(F)c(F)c(F)c(F)c6F)C(=O)C5(Cl)C4c4ccc(O)c5ccccc45)C3C2=O)cc1. The van der Waals surface area contributed by atoms with Crippen molar-refractivity contribution in [1.29, 1.82) is 0 Å². The second kappa shape index (κ2) is 13.0. The summed E-state index contributed by atoms with van der Waals surface area (Å²) in [5.41, 5.74) is -0.588. The van der Waals surface area contributed by atoms with Gasteiger partial charge in [0, 0.05) is 22.4 Å². The van der Waals surface area contributed by atoms with Crippen molar-refractivity contribution in [1.82, 2.24) is 0 Å². The van der Waals surface area contributed by atoms with Crippen molar-refractivity contribution < 1.29 is 51.0 Å². The van der Waals surface area contributed by atoms with Crippen molar-refractivity contribution in [2.45, 2.75) is 28.5 Å². The molecule has 6 unspecified atom stereocenters. The number of aromatic hydroxyl groups is 1. The van der Waals surface area contributed by atoms with E-state index in [1.807, 2.05) is 0 Å². The van der Waals surface area contributed by atoms with Gasteiger partial charge >= 0.3 is 0 Å². The maximum absolute atomic E-state index is 15.4. The van der Waals surface area contributed by atoms with E-state index in [1.165, 1.54) is 36.4 Å². The summed E-state index contributed by atoms with van der Waals surface area (Å²) in [6.07, 6.45) is 0.847. The van der Waals surface area contributed by atoms with Gasteiger partial charge in [-0.15, -0.1) is 23.2 Å². The first-order valence-corrected chi connectivity index (χ1v) is 18.7. The largest absolute Gasteiger partial charge is 0.507 e. The number of halogens is 7. The molecule has 0 spiro atoms. The average molecular weight is 832 g/mol. The van der Waals surface area contributed by atoms with Crippen molar-refractivity contribution >= 4 is 74.8 Å². The molecule has 9 rings (SSSR count). The lowest BCUT2D eigenvalue weighted by molar-refractivity contribution is -0.125. The number of phenolic OH excluding ortho intramolecular Hbond substituents is 1. The Hall–Kier alpha value is -5.92. The van der Waals surface area contributed by atoms with Crippen molar-refractivity contribution in [3.05, 3.63) is 148 Å². The Balaban J connectivity index is 1.19. The van der Waals surface area contributed by atoms with Crippen LogP contribution in [0.5, 0.6) is 5.75 Å². The molecule has 4 amide bonds. The summed E-state index contributed by atoms with van der Waals surface area (Å²) in [6, 6.07) is 23.3. The van der Waals surface area contributed by atoms with Gasteiger partial charge in [-0.05, 0) is 60.0 Å². The molecule has 1 saturated carbocycles. The third kappa shape index (κ3) is 4.89. The fourth-order valence-corrected chi connectivity index (χ4v) is 10.2. The zero-order valence-corrected chi connectivity index (χ0v) is 31.0. The number of carbonyl (C=O) groups excluding carboxylic acids is 5. The van der Waals surface area contributed by atoms with Crippen molar-refractivity contribution in [3.8, 4) is 5.75 Å². The number of alkyl halides is 2. The molecule has 15 heteroatoms. The third-order valence-corrected chi connectivity index (χ3v) is 13.3. The molecule has 6 atom stereocenters. The van der Waals surface area contributed by atoms with E-state index in [4.69, 9.17) is 23.2 Å². The van der Waals surface area contributed by atoms with Crippen LogP contribution in [0.3, 0.4) is 0 Å². The fraction of sp³-hybridized carbons (Fsp3) is 0.186. The Morgan fingerprint density at radius 3 is 1.90 bits per heavy atom. The Morgan fingerprint density at radius 1 is 0.655 bits per heavy atom. The van der Waals surface area contributed by atoms with Crippen LogP contribution in [0.2, 0.25) is 0 Å². The first kappa shape index (κ1) is 37.6. The Morgan fingerprint density at radius 2 is 1.24 bits per heavy atom. The highest BCUT2D eigenvalue weighted by Gasteiger charge is 2.77. The zero-order valence-electron chi connectivity index (χ0n) is 29.5. The number of allylic oxidation sites excluding steroid dienone is 2. The van der Waals surface area contributed by atoms with E-state index in [0.717, 1.165) is 4.90 Å². The summed E-state index contributed by atoms with van der Waals surface area (Å²) >= 11 is 14.6. The molecule has 0 bridgehead atoms. The lowest BCUT2D eigenvalue weighted by Crippen LogP contribution is -2.60. The summed E-state index contributed by atoms with van der Waals surface area (Å²) < 4.78 is 74.3. The number of hydrogen-bond donors (Lipinski definition) is 1. The van der Waals surface area contributed by atoms with E-state index < -0.39 is 98.2 Å². The highest BCUT2D eigenvalue weighted by molar-refractivity contribution is 6.58. The normalized spacial score (nSPS) is 26.5. The van der Waals surface area contributed by atoms with Gasteiger partial charge in [-0.1, -0.05) is 72.3 Å². The highest BCUT2D eigenvalue weighted by atomic mass is 35.5. The van der Waals surface area contributed by atoms with Crippen LogP contribution in [0, 0.1) is 46.8 Å². The molecule has 2 aliphatic carbocycles. The van der Waals surface area contributed by atoms with E-state index in [0.29, 0.717) is 10.9 Å². The first-order chi connectivity index (χ1) is 27.6. The molecule has 2 saturated heterocycles. The predicted octanol–water partition coefficient (Wildman–Crippen LogP) is 8.24.